The van der Waals surface area contributed by atoms with Crippen LogP contribution < -0.4 is 20.9 Å². The first-order chi connectivity index (χ1) is 13.3. The third-order valence-corrected chi connectivity index (χ3v) is 5.18. The summed E-state index contributed by atoms with van der Waals surface area (Å²) >= 11 is 0. The molecule has 0 fully saturated rings. The van der Waals surface area contributed by atoms with Crippen molar-refractivity contribution in [2.75, 3.05) is 22.3 Å². The number of benzene rings is 2. The Hall–Kier alpha value is -3.07. The molecule has 150 valence electrons. The summed E-state index contributed by atoms with van der Waals surface area (Å²) in [5.41, 5.74) is 7.02. The van der Waals surface area contributed by atoms with Gasteiger partial charge in [0.15, 0.2) is 0 Å². The standard InChI is InChI=1S/C19H24N4O4S/c1-3-11-28(26,27)23-17-6-4-5-15(12-17)19(25)22-21-18(24)13-20-16-9-7-14(2)8-10-16/h4-10,12,20,23H,3,11,13H2,1-2H3,(H,21,24)(H,22,25). The minimum atomic E-state index is -3.45. The van der Waals surface area contributed by atoms with E-state index in [2.05, 4.69) is 20.9 Å². The van der Waals surface area contributed by atoms with E-state index in [9.17, 15) is 18.0 Å². The molecule has 0 atom stereocenters. The molecule has 2 amide bonds. The lowest BCUT2D eigenvalue weighted by Gasteiger charge is -2.11. The molecule has 0 bridgehead atoms. The van der Waals surface area contributed by atoms with Crippen LogP contribution in [0, 0.1) is 6.92 Å². The number of hydrazine groups is 1. The number of amides is 2. The number of carbonyl (C=O) groups is 2. The maximum Gasteiger partial charge on any atom is 0.269 e. The second kappa shape index (κ2) is 9.75. The van der Waals surface area contributed by atoms with Gasteiger partial charge < -0.3 is 5.32 Å². The Morgan fingerprint density at radius 3 is 2.36 bits per heavy atom. The second-order valence-electron chi connectivity index (χ2n) is 6.22. The minimum Gasteiger partial charge on any atom is -0.376 e. The third-order valence-electron chi connectivity index (χ3n) is 3.69. The average molecular weight is 404 g/mol. The molecule has 0 aliphatic rings. The van der Waals surface area contributed by atoms with Crippen molar-refractivity contribution in [1.82, 2.24) is 10.9 Å². The summed E-state index contributed by atoms with van der Waals surface area (Å²) in [6, 6.07) is 13.6. The van der Waals surface area contributed by atoms with Crippen LogP contribution in [0.2, 0.25) is 0 Å². The van der Waals surface area contributed by atoms with E-state index >= 15 is 0 Å². The van der Waals surface area contributed by atoms with Crippen LogP contribution in [0.1, 0.15) is 29.3 Å². The number of sulfonamides is 1. The molecule has 0 aliphatic carbocycles. The lowest BCUT2D eigenvalue weighted by atomic mass is 10.2. The Labute approximate surface area is 164 Å². The fraction of sp³-hybridized carbons (Fsp3) is 0.263. The minimum absolute atomic E-state index is 0.00648. The van der Waals surface area contributed by atoms with E-state index < -0.39 is 21.8 Å². The molecular formula is C19H24N4O4S. The molecule has 2 rings (SSSR count). The van der Waals surface area contributed by atoms with E-state index in [-0.39, 0.29) is 23.5 Å². The predicted molar refractivity (Wildman–Crippen MR) is 109 cm³/mol. The van der Waals surface area contributed by atoms with Crippen LogP contribution in [0.3, 0.4) is 0 Å². The summed E-state index contributed by atoms with van der Waals surface area (Å²) in [6.45, 7) is 3.72. The van der Waals surface area contributed by atoms with Gasteiger partial charge in [-0.25, -0.2) is 8.42 Å². The van der Waals surface area contributed by atoms with Crippen molar-refractivity contribution in [2.45, 2.75) is 20.3 Å². The van der Waals surface area contributed by atoms with Gasteiger partial charge in [-0.1, -0.05) is 30.7 Å². The second-order valence-corrected chi connectivity index (χ2v) is 8.07. The molecular weight excluding hydrogens is 380 g/mol. The first-order valence-corrected chi connectivity index (χ1v) is 10.4. The van der Waals surface area contributed by atoms with Gasteiger partial charge in [-0.15, -0.1) is 0 Å². The van der Waals surface area contributed by atoms with E-state index in [1.165, 1.54) is 12.1 Å². The van der Waals surface area contributed by atoms with E-state index in [1.807, 2.05) is 31.2 Å². The monoisotopic (exact) mass is 404 g/mol. The third kappa shape index (κ3) is 6.92. The predicted octanol–water partition coefficient (Wildman–Crippen LogP) is 2.02. The van der Waals surface area contributed by atoms with Crippen molar-refractivity contribution in [3.05, 3.63) is 59.7 Å². The molecule has 0 heterocycles. The molecule has 2 aromatic rings. The largest absolute Gasteiger partial charge is 0.376 e. The molecule has 9 heteroatoms. The average Bonchev–Trinajstić information content (AvgIpc) is 2.65. The summed E-state index contributed by atoms with van der Waals surface area (Å²) in [5, 5.41) is 2.94. The number of nitrogens with one attached hydrogen (secondary N) is 4. The van der Waals surface area contributed by atoms with Gasteiger partial charge in [-0.05, 0) is 43.7 Å². The fourth-order valence-corrected chi connectivity index (χ4v) is 3.45. The number of carbonyl (C=O) groups excluding carboxylic acids is 2. The van der Waals surface area contributed by atoms with E-state index in [0.717, 1.165) is 11.3 Å². The van der Waals surface area contributed by atoms with Gasteiger partial charge in [0.1, 0.15) is 0 Å². The van der Waals surface area contributed by atoms with Crippen LogP contribution in [0.15, 0.2) is 48.5 Å². The highest BCUT2D eigenvalue weighted by atomic mass is 32.2. The van der Waals surface area contributed by atoms with Crippen molar-refractivity contribution >= 4 is 33.2 Å². The normalized spacial score (nSPS) is 10.8. The van der Waals surface area contributed by atoms with Crippen LogP contribution in [0.5, 0.6) is 0 Å². The molecule has 4 N–H and O–H groups in total. The van der Waals surface area contributed by atoms with Crippen LogP contribution in [-0.4, -0.2) is 32.5 Å². The SMILES string of the molecule is CCCS(=O)(=O)Nc1cccc(C(=O)NNC(=O)CNc2ccc(C)cc2)c1. The van der Waals surface area contributed by atoms with Gasteiger partial charge in [0.2, 0.25) is 10.0 Å². The summed E-state index contributed by atoms with van der Waals surface area (Å²) < 4.78 is 26.1. The summed E-state index contributed by atoms with van der Waals surface area (Å²) in [5.74, 6) is -0.984. The Balaban J connectivity index is 1.86. The smallest absolute Gasteiger partial charge is 0.269 e. The van der Waals surface area contributed by atoms with Crippen LogP contribution >= 0.6 is 0 Å². The molecule has 0 aromatic heterocycles. The van der Waals surface area contributed by atoms with Crippen LogP contribution in [0.4, 0.5) is 11.4 Å². The van der Waals surface area contributed by atoms with Crippen LogP contribution in [0.25, 0.3) is 0 Å². The quantitative estimate of drug-likeness (QED) is 0.502. The van der Waals surface area contributed by atoms with Gasteiger partial charge in [-0.2, -0.15) is 0 Å². The Morgan fingerprint density at radius 1 is 0.964 bits per heavy atom. The fourth-order valence-electron chi connectivity index (χ4n) is 2.32. The van der Waals surface area contributed by atoms with Gasteiger partial charge in [0, 0.05) is 16.9 Å². The number of hydrogen-bond donors (Lipinski definition) is 4. The summed E-state index contributed by atoms with van der Waals surface area (Å²) in [6.07, 6.45) is 0.484. The lowest BCUT2D eigenvalue weighted by molar-refractivity contribution is -0.120. The highest BCUT2D eigenvalue weighted by Gasteiger charge is 2.12. The Kier molecular flexibility index (Phi) is 7.39. The first kappa shape index (κ1) is 21.2. The number of aryl methyl sites for hydroxylation is 1. The molecule has 0 unspecified atom stereocenters. The molecule has 0 spiro atoms. The maximum absolute atomic E-state index is 12.2. The molecule has 0 radical (unpaired) electrons. The lowest BCUT2D eigenvalue weighted by Crippen LogP contribution is -2.44. The number of anilines is 2. The van der Waals surface area contributed by atoms with Crippen molar-refractivity contribution in [1.29, 1.82) is 0 Å². The molecule has 8 nitrogen and oxygen atoms in total. The number of hydrogen-bond acceptors (Lipinski definition) is 5. The van der Waals surface area contributed by atoms with Gasteiger partial charge in [0.25, 0.3) is 11.8 Å². The van der Waals surface area contributed by atoms with Gasteiger partial charge in [-0.3, -0.25) is 25.2 Å². The highest BCUT2D eigenvalue weighted by Crippen LogP contribution is 2.13. The maximum atomic E-state index is 12.2. The molecule has 2 aromatic carbocycles. The van der Waals surface area contributed by atoms with Crippen molar-refractivity contribution in [3.8, 4) is 0 Å². The van der Waals surface area contributed by atoms with Crippen molar-refractivity contribution in [3.63, 3.8) is 0 Å². The van der Waals surface area contributed by atoms with E-state index in [0.29, 0.717) is 6.42 Å². The zero-order chi connectivity index (χ0) is 20.6. The van der Waals surface area contributed by atoms with Crippen LogP contribution in [-0.2, 0) is 14.8 Å². The number of rotatable bonds is 8. The summed E-state index contributed by atoms with van der Waals surface area (Å²) in [4.78, 5) is 24.0. The zero-order valence-corrected chi connectivity index (χ0v) is 16.6. The van der Waals surface area contributed by atoms with Crippen molar-refractivity contribution < 1.29 is 18.0 Å². The van der Waals surface area contributed by atoms with E-state index in [1.54, 1.807) is 19.1 Å². The first-order valence-electron chi connectivity index (χ1n) is 8.79. The molecule has 0 saturated heterocycles. The Bertz CT molecular complexity index is 927. The Morgan fingerprint density at radius 2 is 1.68 bits per heavy atom. The zero-order valence-electron chi connectivity index (χ0n) is 15.8. The molecule has 28 heavy (non-hydrogen) atoms. The van der Waals surface area contributed by atoms with Crippen molar-refractivity contribution in [2.24, 2.45) is 0 Å². The topological polar surface area (TPSA) is 116 Å². The van der Waals surface area contributed by atoms with Gasteiger partial charge >= 0.3 is 0 Å². The highest BCUT2D eigenvalue weighted by molar-refractivity contribution is 7.92. The molecule has 0 aliphatic heterocycles. The molecule has 0 saturated carbocycles. The van der Waals surface area contributed by atoms with E-state index in [4.69, 9.17) is 0 Å². The van der Waals surface area contributed by atoms with Gasteiger partial charge in [0.05, 0.1) is 12.3 Å². The summed E-state index contributed by atoms with van der Waals surface area (Å²) in [7, 11) is -3.45.